The van der Waals surface area contributed by atoms with Crippen LogP contribution in [-0.2, 0) is 10.0 Å². The molecule has 0 spiro atoms. The van der Waals surface area contributed by atoms with Gasteiger partial charge in [0.25, 0.3) is 0 Å². The quantitative estimate of drug-likeness (QED) is 0.871. The Bertz CT molecular complexity index is 733. The first kappa shape index (κ1) is 17.9. The van der Waals surface area contributed by atoms with Gasteiger partial charge in [-0.15, -0.1) is 12.4 Å². The standard InChI is InChI=1S/C15H20N4O2S.ClH/c1-12-7-8-16-10-15(12)18-22(20,21)14-9-17-19(11-14)13-5-3-2-4-6-13;/h2-6,9,11-12,15-16,18H,7-8,10H2,1H3;1H. The van der Waals surface area contributed by atoms with Crippen molar-refractivity contribution in [2.45, 2.75) is 24.3 Å². The molecule has 2 N–H and O–H groups in total. The number of nitrogens with one attached hydrogen (secondary N) is 2. The van der Waals surface area contributed by atoms with Crippen molar-refractivity contribution in [3.05, 3.63) is 42.7 Å². The summed E-state index contributed by atoms with van der Waals surface area (Å²) in [5.74, 6) is 0.320. The van der Waals surface area contributed by atoms with E-state index in [1.807, 2.05) is 30.3 Å². The number of sulfonamides is 1. The highest BCUT2D eigenvalue weighted by Gasteiger charge is 2.27. The van der Waals surface area contributed by atoms with E-state index in [1.54, 1.807) is 10.9 Å². The van der Waals surface area contributed by atoms with E-state index in [2.05, 4.69) is 22.1 Å². The summed E-state index contributed by atoms with van der Waals surface area (Å²) in [5.41, 5.74) is 0.830. The molecule has 6 nitrogen and oxygen atoms in total. The molecule has 1 aromatic heterocycles. The molecule has 1 aliphatic heterocycles. The third-order valence-corrected chi connectivity index (χ3v) is 5.47. The van der Waals surface area contributed by atoms with Gasteiger partial charge in [-0.2, -0.15) is 5.10 Å². The molecule has 3 rings (SSSR count). The van der Waals surface area contributed by atoms with Crippen LogP contribution < -0.4 is 10.0 Å². The fourth-order valence-electron chi connectivity index (χ4n) is 2.58. The first-order chi connectivity index (χ1) is 10.6. The molecule has 8 heteroatoms. The van der Waals surface area contributed by atoms with Crippen LogP contribution in [0.25, 0.3) is 5.69 Å². The van der Waals surface area contributed by atoms with Gasteiger partial charge in [0, 0.05) is 12.6 Å². The van der Waals surface area contributed by atoms with Gasteiger partial charge in [0.1, 0.15) is 4.90 Å². The van der Waals surface area contributed by atoms with Gasteiger partial charge < -0.3 is 5.32 Å². The van der Waals surface area contributed by atoms with Crippen molar-refractivity contribution in [1.29, 1.82) is 0 Å². The zero-order valence-corrected chi connectivity index (χ0v) is 14.5. The van der Waals surface area contributed by atoms with Crippen molar-refractivity contribution in [3.63, 3.8) is 0 Å². The number of nitrogens with zero attached hydrogens (tertiary/aromatic N) is 2. The minimum atomic E-state index is -3.55. The molecular formula is C15H21ClN4O2S. The van der Waals surface area contributed by atoms with Crippen molar-refractivity contribution in [2.24, 2.45) is 5.92 Å². The molecule has 1 fully saturated rings. The lowest BCUT2D eigenvalue weighted by atomic mass is 9.96. The fourth-order valence-corrected chi connectivity index (χ4v) is 3.86. The van der Waals surface area contributed by atoms with Gasteiger partial charge in [0.15, 0.2) is 0 Å². The number of aromatic nitrogens is 2. The van der Waals surface area contributed by atoms with Crippen LogP contribution in [0.15, 0.2) is 47.6 Å². The fraction of sp³-hybridized carbons (Fsp3) is 0.400. The summed E-state index contributed by atoms with van der Waals surface area (Å²) in [4.78, 5) is 0.189. The van der Waals surface area contributed by atoms with E-state index in [9.17, 15) is 8.42 Å². The first-order valence-electron chi connectivity index (χ1n) is 7.39. The van der Waals surface area contributed by atoms with E-state index in [0.29, 0.717) is 12.5 Å². The highest BCUT2D eigenvalue weighted by atomic mass is 35.5. The number of hydrogen-bond donors (Lipinski definition) is 2. The topological polar surface area (TPSA) is 76.0 Å². The second-order valence-corrected chi connectivity index (χ2v) is 7.37. The number of benzene rings is 1. The zero-order chi connectivity index (χ0) is 15.6. The molecule has 0 radical (unpaired) electrons. The van der Waals surface area contributed by atoms with Gasteiger partial charge in [0.05, 0.1) is 18.1 Å². The molecule has 2 aromatic rings. The number of piperidine rings is 1. The summed E-state index contributed by atoms with van der Waals surface area (Å²) in [7, 11) is -3.55. The summed E-state index contributed by atoms with van der Waals surface area (Å²) in [5, 5.41) is 7.37. The van der Waals surface area contributed by atoms with Crippen molar-refractivity contribution in [2.75, 3.05) is 13.1 Å². The van der Waals surface area contributed by atoms with E-state index in [0.717, 1.165) is 18.7 Å². The molecule has 126 valence electrons. The molecule has 0 bridgehead atoms. The molecule has 1 saturated heterocycles. The average Bonchev–Trinajstić information content (AvgIpc) is 3.01. The maximum atomic E-state index is 12.5. The molecule has 0 amide bonds. The van der Waals surface area contributed by atoms with E-state index in [4.69, 9.17) is 0 Å². The number of hydrogen-bond acceptors (Lipinski definition) is 4. The van der Waals surface area contributed by atoms with Crippen LogP contribution in [0.1, 0.15) is 13.3 Å². The summed E-state index contributed by atoms with van der Waals surface area (Å²) >= 11 is 0. The van der Waals surface area contributed by atoms with E-state index >= 15 is 0 Å². The van der Waals surface area contributed by atoms with Crippen LogP contribution >= 0.6 is 12.4 Å². The number of para-hydroxylation sites is 1. The van der Waals surface area contributed by atoms with Gasteiger partial charge in [-0.3, -0.25) is 0 Å². The summed E-state index contributed by atoms with van der Waals surface area (Å²) in [6.45, 7) is 3.67. The second-order valence-electron chi connectivity index (χ2n) is 5.65. The van der Waals surface area contributed by atoms with Crippen LogP contribution in [0.5, 0.6) is 0 Å². The monoisotopic (exact) mass is 356 g/mol. The minimum Gasteiger partial charge on any atom is -0.315 e. The Hall–Kier alpha value is -1.41. The molecular weight excluding hydrogens is 336 g/mol. The Morgan fingerprint density at radius 1 is 1.30 bits per heavy atom. The summed E-state index contributed by atoms with van der Waals surface area (Å²) < 4.78 is 29.3. The van der Waals surface area contributed by atoms with Crippen LogP contribution in [0.3, 0.4) is 0 Å². The van der Waals surface area contributed by atoms with Crippen molar-refractivity contribution in [3.8, 4) is 5.69 Å². The number of rotatable bonds is 4. The average molecular weight is 357 g/mol. The van der Waals surface area contributed by atoms with Gasteiger partial charge in [-0.25, -0.2) is 17.8 Å². The maximum absolute atomic E-state index is 12.5. The normalized spacial score (nSPS) is 21.6. The molecule has 1 aromatic carbocycles. The smallest absolute Gasteiger partial charge is 0.244 e. The Morgan fingerprint density at radius 3 is 2.74 bits per heavy atom. The molecule has 2 atom stereocenters. The summed E-state index contributed by atoms with van der Waals surface area (Å²) in [6.07, 6.45) is 3.89. The van der Waals surface area contributed by atoms with Gasteiger partial charge in [-0.1, -0.05) is 25.1 Å². The van der Waals surface area contributed by atoms with Gasteiger partial charge in [0.2, 0.25) is 10.0 Å². The lowest BCUT2D eigenvalue weighted by molar-refractivity contribution is 0.327. The predicted octanol–water partition coefficient (Wildman–Crippen LogP) is 1.57. The first-order valence-corrected chi connectivity index (χ1v) is 8.88. The van der Waals surface area contributed by atoms with E-state index in [-0.39, 0.29) is 23.3 Å². The SMILES string of the molecule is CC1CCNCC1NS(=O)(=O)c1cnn(-c2ccccc2)c1.Cl. The number of halogens is 1. The molecule has 1 aliphatic rings. The lowest BCUT2D eigenvalue weighted by Gasteiger charge is -2.29. The Kier molecular flexibility index (Phi) is 5.80. The molecule has 2 unspecified atom stereocenters. The Labute approximate surface area is 142 Å². The van der Waals surface area contributed by atoms with Gasteiger partial charge in [-0.05, 0) is 31.0 Å². The molecule has 23 heavy (non-hydrogen) atoms. The van der Waals surface area contributed by atoms with E-state index in [1.165, 1.54) is 6.20 Å². The van der Waals surface area contributed by atoms with Gasteiger partial charge >= 0.3 is 0 Å². The lowest BCUT2D eigenvalue weighted by Crippen LogP contribution is -2.50. The summed E-state index contributed by atoms with van der Waals surface area (Å²) in [6, 6.07) is 9.36. The molecule has 0 saturated carbocycles. The third-order valence-electron chi connectivity index (χ3n) is 4.02. The third kappa shape index (κ3) is 4.11. The predicted molar refractivity (Wildman–Crippen MR) is 91.6 cm³/mol. The van der Waals surface area contributed by atoms with Crippen LogP contribution in [0.4, 0.5) is 0 Å². The van der Waals surface area contributed by atoms with Crippen molar-refractivity contribution in [1.82, 2.24) is 19.8 Å². The maximum Gasteiger partial charge on any atom is 0.244 e. The Morgan fingerprint density at radius 2 is 2.04 bits per heavy atom. The minimum absolute atomic E-state index is 0. The van der Waals surface area contributed by atoms with E-state index < -0.39 is 10.0 Å². The van der Waals surface area contributed by atoms with Crippen LogP contribution in [0.2, 0.25) is 0 Å². The molecule has 2 heterocycles. The zero-order valence-electron chi connectivity index (χ0n) is 12.8. The van der Waals surface area contributed by atoms with Crippen molar-refractivity contribution >= 4 is 22.4 Å². The van der Waals surface area contributed by atoms with Crippen molar-refractivity contribution < 1.29 is 8.42 Å². The Balaban J connectivity index is 0.00000192. The van der Waals surface area contributed by atoms with Crippen LogP contribution in [0, 0.1) is 5.92 Å². The second kappa shape index (κ2) is 7.44. The largest absolute Gasteiger partial charge is 0.315 e. The highest BCUT2D eigenvalue weighted by molar-refractivity contribution is 7.89. The molecule has 0 aliphatic carbocycles. The van der Waals surface area contributed by atoms with Crippen LogP contribution in [-0.4, -0.2) is 37.3 Å². The highest BCUT2D eigenvalue weighted by Crippen LogP contribution is 2.16.